The Labute approximate surface area is 89.2 Å². The zero-order chi connectivity index (χ0) is 11.3. The fourth-order valence-corrected chi connectivity index (χ4v) is 1.31. The molecule has 4 heteroatoms. The van der Waals surface area contributed by atoms with Crippen LogP contribution >= 0.6 is 0 Å². The van der Waals surface area contributed by atoms with E-state index in [-0.39, 0.29) is 5.91 Å². The number of benzene rings is 1. The average molecular weight is 209 g/mol. The van der Waals surface area contributed by atoms with Crippen LogP contribution in [0.5, 0.6) is 11.5 Å². The Hall–Kier alpha value is -1.71. The standard InChI is InChI=1S/C11H15NO3/c1-8(13)12-7-9-5-4-6-10(14-2)11(9)15-3/h4-6H,7H2,1-3H3,(H,12,13). The number of amides is 1. The lowest BCUT2D eigenvalue weighted by molar-refractivity contribution is -0.119. The highest BCUT2D eigenvalue weighted by Crippen LogP contribution is 2.30. The molecule has 0 aromatic heterocycles. The first-order chi connectivity index (χ1) is 7.19. The Morgan fingerprint density at radius 1 is 1.33 bits per heavy atom. The van der Waals surface area contributed by atoms with Crippen molar-refractivity contribution in [1.29, 1.82) is 0 Å². The van der Waals surface area contributed by atoms with Crippen LogP contribution in [0.3, 0.4) is 0 Å². The van der Waals surface area contributed by atoms with Crippen LogP contribution in [0, 0.1) is 0 Å². The fourth-order valence-electron chi connectivity index (χ4n) is 1.31. The second kappa shape index (κ2) is 5.24. The molecule has 0 saturated carbocycles. The van der Waals surface area contributed by atoms with Gasteiger partial charge in [0.25, 0.3) is 0 Å². The van der Waals surface area contributed by atoms with Gasteiger partial charge in [-0.25, -0.2) is 0 Å². The third-order valence-electron chi connectivity index (χ3n) is 2.01. The number of carbonyl (C=O) groups excluding carboxylic acids is 1. The molecule has 0 aliphatic rings. The summed E-state index contributed by atoms with van der Waals surface area (Å²) in [5.41, 5.74) is 0.895. The quantitative estimate of drug-likeness (QED) is 0.814. The predicted molar refractivity (Wildman–Crippen MR) is 57.1 cm³/mol. The molecular formula is C11H15NO3. The van der Waals surface area contributed by atoms with E-state index in [2.05, 4.69) is 5.32 Å². The van der Waals surface area contributed by atoms with E-state index in [0.29, 0.717) is 18.0 Å². The van der Waals surface area contributed by atoms with Gasteiger partial charge in [0, 0.05) is 19.0 Å². The summed E-state index contributed by atoms with van der Waals surface area (Å²) in [5.74, 6) is 1.26. The molecule has 0 unspecified atom stereocenters. The van der Waals surface area contributed by atoms with Gasteiger partial charge in [-0.15, -0.1) is 0 Å². The van der Waals surface area contributed by atoms with Crippen LogP contribution in [-0.2, 0) is 11.3 Å². The minimum absolute atomic E-state index is 0.0696. The highest BCUT2D eigenvalue weighted by molar-refractivity contribution is 5.73. The Morgan fingerprint density at radius 2 is 2.07 bits per heavy atom. The first-order valence-corrected chi connectivity index (χ1v) is 4.63. The van der Waals surface area contributed by atoms with Crippen LogP contribution in [0.4, 0.5) is 0 Å². The number of ether oxygens (including phenoxy) is 2. The molecule has 1 rings (SSSR count). The maximum Gasteiger partial charge on any atom is 0.217 e. The molecule has 82 valence electrons. The van der Waals surface area contributed by atoms with E-state index in [9.17, 15) is 4.79 Å². The lowest BCUT2D eigenvalue weighted by Gasteiger charge is -2.12. The topological polar surface area (TPSA) is 47.6 Å². The molecule has 0 bridgehead atoms. The third-order valence-corrected chi connectivity index (χ3v) is 2.01. The molecular weight excluding hydrogens is 194 g/mol. The normalized spacial score (nSPS) is 9.53. The molecule has 0 saturated heterocycles. The molecule has 1 aromatic rings. The zero-order valence-electron chi connectivity index (χ0n) is 9.16. The van der Waals surface area contributed by atoms with Gasteiger partial charge in [-0.3, -0.25) is 4.79 Å². The van der Waals surface area contributed by atoms with Crippen molar-refractivity contribution in [2.75, 3.05) is 14.2 Å². The predicted octanol–water partition coefficient (Wildman–Crippen LogP) is 1.34. The van der Waals surface area contributed by atoms with Crippen molar-refractivity contribution in [3.8, 4) is 11.5 Å². The summed E-state index contributed by atoms with van der Waals surface area (Å²) in [6.07, 6.45) is 0. The molecule has 0 radical (unpaired) electrons. The molecule has 0 fully saturated rings. The van der Waals surface area contributed by atoms with E-state index in [4.69, 9.17) is 9.47 Å². The number of hydrogen-bond donors (Lipinski definition) is 1. The summed E-state index contributed by atoms with van der Waals surface area (Å²) in [7, 11) is 3.16. The van der Waals surface area contributed by atoms with Gasteiger partial charge in [0.15, 0.2) is 11.5 Å². The van der Waals surface area contributed by atoms with Gasteiger partial charge in [-0.2, -0.15) is 0 Å². The van der Waals surface area contributed by atoms with Crippen molar-refractivity contribution in [2.24, 2.45) is 0 Å². The van der Waals surface area contributed by atoms with E-state index in [0.717, 1.165) is 5.56 Å². The lowest BCUT2D eigenvalue weighted by atomic mass is 10.2. The average Bonchev–Trinajstić information content (AvgIpc) is 2.25. The Kier molecular flexibility index (Phi) is 3.97. The summed E-state index contributed by atoms with van der Waals surface area (Å²) in [6.45, 7) is 1.92. The Bertz CT molecular complexity index is 350. The van der Waals surface area contributed by atoms with Crippen molar-refractivity contribution >= 4 is 5.91 Å². The van der Waals surface area contributed by atoms with Gasteiger partial charge in [0.2, 0.25) is 5.91 Å². The molecule has 15 heavy (non-hydrogen) atoms. The number of carbonyl (C=O) groups is 1. The minimum atomic E-state index is -0.0696. The second-order valence-corrected chi connectivity index (χ2v) is 3.06. The van der Waals surface area contributed by atoms with Crippen molar-refractivity contribution in [1.82, 2.24) is 5.32 Å². The van der Waals surface area contributed by atoms with Crippen molar-refractivity contribution in [3.63, 3.8) is 0 Å². The van der Waals surface area contributed by atoms with Crippen LogP contribution in [0.1, 0.15) is 12.5 Å². The van der Waals surface area contributed by atoms with Crippen LogP contribution in [0.15, 0.2) is 18.2 Å². The molecule has 1 amide bonds. The molecule has 0 spiro atoms. The lowest BCUT2D eigenvalue weighted by Crippen LogP contribution is -2.19. The van der Waals surface area contributed by atoms with Crippen molar-refractivity contribution in [3.05, 3.63) is 23.8 Å². The van der Waals surface area contributed by atoms with Gasteiger partial charge in [-0.1, -0.05) is 12.1 Å². The first kappa shape index (κ1) is 11.4. The maximum absolute atomic E-state index is 10.8. The van der Waals surface area contributed by atoms with Crippen LogP contribution in [0.2, 0.25) is 0 Å². The number of para-hydroxylation sites is 1. The van der Waals surface area contributed by atoms with Gasteiger partial charge < -0.3 is 14.8 Å². The van der Waals surface area contributed by atoms with E-state index < -0.39 is 0 Å². The summed E-state index contributed by atoms with van der Waals surface area (Å²) in [6, 6.07) is 5.56. The number of rotatable bonds is 4. The Balaban J connectivity index is 2.90. The smallest absolute Gasteiger partial charge is 0.217 e. The molecule has 0 aliphatic carbocycles. The number of methoxy groups -OCH3 is 2. The molecule has 0 heterocycles. The van der Waals surface area contributed by atoms with E-state index in [1.807, 2.05) is 18.2 Å². The van der Waals surface area contributed by atoms with Crippen LogP contribution in [-0.4, -0.2) is 20.1 Å². The minimum Gasteiger partial charge on any atom is -0.493 e. The number of nitrogens with one attached hydrogen (secondary N) is 1. The van der Waals surface area contributed by atoms with E-state index in [1.165, 1.54) is 6.92 Å². The van der Waals surface area contributed by atoms with Crippen molar-refractivity contribution in [2.45, 2.75) is 13.5 Å². The third kappa shape index (κ3) is 2.87. The van der Waals surface area contributed by atoms with Gasteiger partial charge in [0.05, 0.1) is 14.2 Å². The van der Waals surface area contributed by atoms with E-state index in [1.54, 1.807) is 14.2 Å². The highest BCUT2D eigenvalue weighted by Gasteiger charge is 2.08. The highest BCUT2D eigenvalue weighted by atomic mass is 16.5. The Morgan fingerprint density at radius 3 is 2.60 bits per heavy atom. The van der Waals surface area contributed by atoms with Gasteiger partial charge >= 0.3 is 0 Å². The van der Waals surface area contributed by atoms with Crippen molar-refractivity contribution < 1.29 is 14.3 Å². The summed E-state index contributed by atoms with van der Waals surface area (Å²) in [5, 5.41) is 2.71. The van der Waals surface area contributed by atoms with Gasteiger partial charge in [0.1, 0.15) is 0 Å². The van der Waals surface area contributed by atoms with Crippen LogP contribution < -0.4 is 14.8 Å². The number of hydrogen-bond acceptors (Lipinski definition) is 3. The summed E-state index contributed by atoms with van der Waals surface area (Å²) < 4.78 is 10.4. The van der Waals surface area contributed by atoms with E-state index >= 15 is 0 Å². The summed E-state index contributed by atoms with van der Waals surface area (Å²) >= 11 is 0. The van der Waals surface area contributed by atoms with Gasteiger partial charge in [-0.05, 0) is 6.07 Å². The van der Waals surface area contributed by atoms with Crippen LogP contribution in [0.25, 0.3) is 0 Å². The SMILES string of the molecule is COc1cccc(CNC(C)=O)c1OC. The largest absolute Gasteiger partial charge is 0.493 e. The second-order valence-electron chi connectivity index (χ2n) is 3.06. The first-order valence-electron chi connectivity index (χ1n) is 4.63. The maximum atomic E-state index is 10.8. The molecule has 0 atom stereocenters. The molecule has 1 aromatic carbocycles. The molecule has 1 N–H and O–H groups in total. The summed E-state index contributed by atoms with van der Waals surface area (Å²) in [4.78, 5) is 10.8. The molecule has 4 nitrogen and oxygen atoms in total. The molecule has 0 aliphatic heterocycles. The fraction of sp³-hybridized carbons (Fsp3) is 0.364. The zero-order valence-corrected chi connectivity index (χ0v) is 9.16. The monoisotopic (exact) mass is 209 g/mol.